The number of aromatic nitrogens is 1. The maximum atomic E-state index is 4.54. The van der Waals surface area contributed by atoms with Crippen LogP contribution in [-0.2, 0) is 0 Å². The van der Waals surface area contributed by atoms with Gasteiger partial charge in [-0.15, -0.1) is 0 Å². The lowest BCUT2D eigenvalue weighted by Crippen LogP contribution is -2.56. The van der Waals surface area contributed by atoms with Crippen LogP contribution in [0.25, 0.3) is 0 Å². The first-order valence-electron chi connectivity index (χ1n) is 7.06. The van der Waals surface area contributed by atoms with Crippen molar-refractivity contribution in [3.05, 3.63) is 22.3 Å². The summed E-state index contributed by atoms with van der Waals surface area (Å²) in [5, 5.41) is 0. The number of aryl methyl sites for hydroxylation is 1. The fourth-order valence-electron chi connectivity index (χ4n) is 3.42. The van der Waals surface area contributed by atoms with Crippen molar-refractivity contribution in [1.29, 1.82) is 0 Å². The first kappa shape index (κ1) is 12.5. The summed E-state index contributed by atoms with van der Waals surface area (Å²) in [6.45, 7) is 4.58. The Hall–Kier alpha value is -0.570. The summed E-state index contributed by atoms with van der Waals surface area (Å²) in [5.41, 5.74) is 1.90. The van der Waals surface area contributed by atoms with Crippen LogP contribution in [0.2, 0.25) is 0 Å². The van der Waals surface area contributed by atoms with E-state index in [-0.39, 0.29) is 0 Å². The van der Waals surface area contributed by atoms with Crippen LogP contribution in [0.5, 0.6) is 0 Å². The summed E-state index contributed by atoms with van der Waals surface area (Å²) in [4.78, 5) is 6.99. The second-order valence-corrected chi connectivity index (χ2v) is 6.92. The van der Waals surface area contributed by atoms with E-state index in [4.69, 9.17) is 0 Å². The van der Waals surface area contributed by atoms with Gasteiger partial charge in [0.05, 0.1) is 0 Å². The molecule has 2 fully saturated rings. The lowest BCUT2D eigenvalue weighted by molar-refractivity contribution is 0.179. The first-order chi connectivity index (χ1) is 8.69. The molecular formula is C15H21BrN2. The van der Waals surface area contributed by atoms with Gasteiger partial charge in [0.2, 0.25) is 0 Å². The Labute approximate surface area is 118 Å². The molecule has 2 heterocycles. The highest BCUT2D eigenvalue weighted by molar-refractivity contribution is 9.10. The van der Waals surface area contributed by atoms with Crippen LogP contribution in [0, 0.1) is 12.3 Å². The highest BCUT2D eigenvalue weighted by atomic mass is 79.9. The van der Waals surface area contributed by atoms with Gasteiger partial charge in [0.15, 0.2) is 0 Å². The first-order valence-corrected chi connectivity index (χ1v) is 7.85. The Morgan fingerprint density at radius 2 is 1.83 bits per heavy atom. The molecule has 1 aliphatic carbocycles. The Bertz CT molecular complexity index is 428. The van der Waals surface area contributed by atoms with Crippen LogP contribution in [0.15, 0.2) is 16.7 Å². The average Bonchev–Trinajstić information content (AvgIpc) is 2.56. The zero-order chi connectivity index (χ0) is 12.6. The lowest BCUT2D eigenvalue weighted by atomic mass is 9.73. The second-order valence-electron chi connectivity index (χ2n) is 6.06. The molecule has 3 rings (SSSR count). The van der Waals surface area contributed by atoms with Crippen molar-refractivity contribution in [1.82, 2.24) is 4.98 Å². The Morgan fingerprint density at radius 1 is 1.17 bits per heavy atom. The number of anilines is 1. The minimum Gasteiger partial charge on any atom is -0.355 e. The molecule has 0 bridgehead atoms. The molecule has 0 N–H and O–H groups in total. The van der Waals surface area contributed by atoms with E-state index in [1.165, 1.54) is 57.2 Å². The number of pyridine rings is 1. The van der Waals surface area contributed by atoms with E-state index in [0.29, 0.717) is 5.41 Å². The van der Waals surface area contributed by atoms with Crippen LogP contribution >= 0.6 is 15.9 Å². The van der Waals surface area contributed by atoms with Crippen LogP contribution in [-0.4, -0.2) is 18.1 Å². The third-order valence-corrected chi connectivity index (χ3v) is 5.40. The minimum atomic E-state index is 0.624. The van der Waals surface area contributed by atoms with Gasteiger partial charge in [-0.05, 0) is 47.3 Å². The quantitative estimate of drug-likeness (QED) is 0.768. The SMILES string of the molecule is Cc1cc(N2CC3(CCCCCC3)C2)ncc1Br. The molecule has 2 nitrogen and oxygen atoms in total. The van der Waals surface area contributed by atoms with Crippen LogP contribution in [0.3, 0.4) is 0 Å². The van der Waals surface area contributed by atoms with Crippen LogP contribution < -0.4 is 4.90 Å². The van der Waals surface area contributed by atoms with Crippen molar-refractivity contribution in [3.63, 3.8) is 0 Å². The lowest BCUT2D eigenvalue weighted by Gasteiger charge is -2.51. The standard InChI is InChI=1S/C15H21BrN2/c1-12-8-14(17-9-13(12)16)18-10-15(11-18)6-4-2-3-5-7-15/h8-9H,2-7,10-11H2,1H3. The maximum Gasteiger partial charge on any atom is 0.128 e. The number of halogens is 1. The summed E-state index contributed by atoms with van der Waals surface area (Å²) >= 11 is 3.52. The zero-order valence-electron chi connectivity index (χ0n) is 11.1. The van der Waals surface area contributed by atoms with E-state index < -0.39 is 0 Å². The summed E-state index contributed by atoms with van der Waals surface area (Å²) < 4.78 is 1.11. The van der Waals surface area contributed by atoms with Crippen molar-refractivity contribution in [2.45, 2.75) is 45.4 Å². The third-order valence-electron chi connectivity index (χ3n) is 4.57. The molecule has 1 aliphatic heterocycles. The Morgan fingerprint density at radius 3 is 2.44 bits per heavy atom. The Balaban J connectivity index is 1.68. The van der Waals surface area contributed by atoms with Gasteiger partial charge in [0, 0.05) is 29.2 Å². The molecule has 2 aliphatic rings. The molecule has 0 atom stereocenters. The summed E-state index contributed by atoms with van der Waals surface area (Å²) in [6, 6.07) is 2.20. The van der Waals surface area contributed by atoms with Gasteiger partial charge in [-0.25, -0.2) is 4.98 Å². The van der Waals surface area contributed by atoms with Crippen molar-refractivity contribution in [2.24, 2.45) is 5.41 Å². The van der Waals surface area contributed by atoms with E-state index in [9.17, 15) is 0 Å². The predicted molar refractivity (Wildman–Crippen MR) is 79.0 cm³/mol. The van der Waals surface area contributed by atoms with Gasteiger partial charge in [0.1, 0.15) is 5.82 Å². The van der Waals surface area contributed by atoms with Gasteiger partial charge in [0.25, 0.3) is 0 Å². The van der Waals surface area contributed by atoms with Crippen LogP contribution in [0.1, 0.15) is 44.1 Å². The molecule has 0 aromatic carbocycles. The average molecular weight is 309 g/mol. The van der Waals surface area contributed by atoms with Gasteiger partial charge in [-0.1, -0.05) is 25.7 Å². The van der Waals surface area contributed by atoms with Crippen molar-refractivity contribution >= 4 is 21.7 Å². The number of rotatable bonds is 1. The fraction of sp³-hybridized carbons (Fsp3) is 0.667. The highest BCUT2D eigenvalue weighted by Crippen LogP contribution is 2.44. The molecule has 98 valence electrons. The smallest absolute Gasteiger partial charge is 0.128 e. The van der Waals surface area contributed by atoms with Crippen molar-refractivity contribution < 1.29 is 0 Å². The summed E-state index contributed by atoms with van der Waals surface area (Å²) in [5.74, 6) is 1.16. The molecule has 1 saturated carbocycles. The molecule has 1 aromatic heterocycles. The van der Waals surface area contributed by atoms with E-state index in [1.54, 1.807) is 0 Å². The second kappa shape index (κ2) is 4.84. The van der Waals surface area contributed by atoms with Crippen LogP contribution in [0.4, 0.5) is 5.82 Å². The van der Waals surface area contributed by atoms with Gasteiger partial charge < -0.3 is 4.90 Å². The summed E-state index contributed by atoms with van der Waals surface area (Å²) in [7, 11) is 0. The highest BCUT2D eigenvalue weighted by Gasteiger charge is 2.43. The van der Waals surface area contributed by atoms with Gasteiger partial charge in [-0.3, -0.25) is 0 Å². The fourth-order valence-corrected chi connectivity index (χ4v) is 3.63. The topological polar surface area (TPSA) is 16.1 Å². The Kier molecular flexibility index (Phi) is 3.35. The normalized spacial score (nSPS) is 22.7. The molecule has 0 unspecified atom stereocenters. The molecular weight excluding hydrogens is 288 g/mol. The number of nitrogens with zero attached hydrogens (tertiary/aromatic N) is 2. The largest absolute Gasteiger partial charge is 0.355 e. The molecule has 0 amide bonds. The van der Waals surface area contributed by atoms with Crippen molar-refractivity contribution in [2.75, 3.05) is 18.0 Å². The molecule has 0 radical (unpaired) electrons. The minimum absolute atomic E-state index is 0.624. The monoisotopic (exact) mass is 308 g/mol. The zero-order valence-corrected chi connectivity index (χ0v) is 12.7. The predicted octanol–water partition coefficient (Wildman–Crippen LogP) is 4.31. The van der Waals surface area contributed by atoms with E-state index in [1.807, 2.05) is 6.20 Å². The molecule has 1 saturated heterocycles. The van der Waals surface area contributed by atoms with E-state index in [0.717, 1.165) is 10.3 Å². The number of hydrogen-bond acceptors (Lipinski definition) is 2. The molecule has 18 heavy (non-hydrogen) atoms. The van der Waals surface area contributed by atoms with E-state index >= 15 is 0 Å². The summed E-state index contributed by atoms with van der Waals surface area (Å²) in [6.07, 6.45) is 10.5. The number of hydrogen-bond donors (Lipinski definition) is 0. The van der Waals surface area contributed by atoms with Gasteiger partial charge in [-0.2, -0.15) is 0 Å². The van der Waals surface area contributed by atoms with Gasteiger partial charge >= 0.3 is 0 Å². The molecule has 1 spiro atoms. The molecule has 3 heteroatoms. The van der Waals surface area contributed by atoms with E-state index in [2.05, 4.69) is 38.8 Å². The molecule has 1 aromatic rings. The van der Waals surface area contributed by atoms with Crippen molar-refractivity contribution in [3.8, 4) is 0 Å². The third kappa shape index (κ3) is 2.29. The maximum absolute atomic E-state index is 4.54.